The lowest BCUT2D eigenvalue weighted by atomic mass is 9.84. The fraction of sp³-hybridized carbons (Fsp3) is 0.667. The molecule has 4 atom stereocenters. The van der Waals surface area contributed by atoms with Crippen LogP contribution in [-0.2, 0) is 15.0 Å². The SMILES string of the molecule is CC(=O)N[C@@H]1C[C@H](NC(C)(C)C)CC[C@@H]1N1CC[C@H](Nc2ncnc3ccc(C(C)(C)C)nc23)C1=O. The number of rotatable bonds is 5. The molecule has 9 nitrogen and oxygen atoms in total. The number of carbonyl (C=O) groups excluding carboxylic acids is 2. The minimum absolute atomic E-state index is 0.00202. The standard InChI is InChI=1S/C27H41N7O2/c1-16(35)30-20-14-17(33-27(5,6)7)8-10-21(20)34-13-12-19(25(34)36)31-24-23-18(28-15-29-24)9-11-22(32-23)26(2,3)4/h9,11,15,17,19-21,33H,8,10,12-14H2,1-7H3,(H,30,35)(H,28,29,31)/t17-,19+,20-,21+/m1/s1. The molecular formula is C27H41N7O2. The zero-order valence-corrected chi connectivity index (χ0v) is 22.7. The van der Waals surface area contributed by atoms with Gasteiger partial charge in [0.25, 0.3) is 0 Å². The van der Waals surface area contributed by atoms with E-state index >= 15 is 0 Å². The van der Waals surface area contributed by atoms with Gasteiger partial charge in [-0.15, -0.1) is 0 Å². The summed E-state index contributed by atoms with van der Waals surface area (Å²) in [6.07, 6.45) is 4.81. The molecule has 0 spiro atoms. The van der Waals surface area contributed by atoms with Gasteiger partial charge in [-0.2, -0.15) is 0 Å². The third-order valence-corrected chi connectivity index (χ3v) is 7.04. The number of pyridine rings is 1. The monoisotopic (exact) mass is 495 g/mol. The normalized spacial score (nSPS) is 25.3. The highest BCUT2D eigenvalue weighted by Gasteiger charge is 2.42. The van der Waals surface area contributed by atoms with Gasteiger partial charge in [-0.3, -0.25) is 9.59 Å². The van der Waals surface area contributed by atoms with Crippen LogP contribution in [0.4, 0.5) is 5.82 Å². The highest BCUT2D eigenvalue weighted by Crippen LogP contribution is 2.30. The third-order valence-electron chi connectivity index (χ3n) is 7.04. The van der Waals surface area contributed by atoms with E-state index in [1.54, 1.807) is 6.92 Å². The van der Waals surface area contributed by atoms with Gasteiger partial charge >= 0.3 is 0 Å². The summed E-state index contributed by atoms with van der Waals surface area (Å²) in [4.78, 5) is 41.2. The van der Waals surface area contributed by atoms with Gasteiger partial charge in [-0.25, -0.2) is 15.0 Å². The molecule has 3 heterocycles. The summed E-state index contributed by atoms with van der Waals surface area (Å²) < 4.78 is 0. The average Bonchev–Trinajstić information content (AvgIpc) is 3.11. The lowest BCUT2D eigenvalue weighted by Gasteiger charge is -2.43. The van der Waals surface area contributed by atoms with Crippen molar-refractivity contribution in [2.75, 3.05) is 11.9 Å². The van der Waals surface area contributed by atoms with Gasteiger partial charge in [0.15, 0.2) is 5.82 Å². The predicted octanol–water partition coefficient (Wildman–Crippen LogP) is 3.15. The van der Waals surface area contributed by atoms with Crippen molar-refractivity contribution in [3.8, 4) is 0 Å². The van der Waals surface area contributed by atoms with Gasteiger partial charge in [0.2, 0.25) is 11.8 Å². The Labute approximate surface area is 214 Å². The van der Waals surface area contributed by atoms with Crippen molar-refractivity contribution in [1.29, 1.82) is 0 Å². The van der Waals surface area contributed by atoms with Crippen LogP contribution in [0.2, 0.25) is 0 Å². The van der Waals surface area contributed by atoms with Crippen molar-refractivity contribution < 1.29 is 9.59 Å². The summed E-state index contributed by atoms with van der Waals surface area (Å²) in [6.45, 7) is 15.0. The van der Waals surface area contributed by atoms with Gasteiger partial charge < -0.3 is 20.9 Å². The zero-order valence-electron chi connectivity index (χ0n) is 22.7. The van der Waals surface area contributed by atoms with Crippen molar-refractivity contribution in [2.24, 2.45) is 0 Å². The summed E-state index contributed by atoms with van der Waals surface area (Å²) in [6, 6.07) is 3.79. The topological polar surface area (TPSA) is 112 Å². The lowest BCUT2D eigenvalue weighted by molar-refractivity contribution is -0.132. The predicted molar refractivity (Wildman–Crippen MR) is 142 cm³/mol. The first-order valence-corrected chi connectivity index (χ1v) is 13.1. The Morgan fingerprint density at radius 3 is 2.47 bits per heavy atom. The Kier molecular flexibility index (Phi) is 7.23. The van der Waals surface area contributed by atoms with Crippen molar-refractivity contribution in [2.45, 2.75) is 109 Å². The second-order valence-corrected chi connectivity index (χ2v) is 12.3. The Bertz CT molecular complexity index is 1120. The second-order valence-electron chi connectivity index (χ2n) is 12.3. The van der Waals surface area contributed by atoms with Crippen LogP contribution in [0.1, 0.15) is 79.8 Å². The molecule has 2 amide bonds. The summed E-state index contributed by atoms with van der Waals surface area (Å²) >= 11 is 0. The first-order chi connectivity index (χ1) is 16.8. The Morgan fingerprint density at radius 1 is 1.06 bits per heavy atom. The van der Waals surface area contributed by atoms with E-state index in [2.05, 4.69) is 67.5 Å². The van der Waals surface area contributed by atoms with Crippen LogP contribution in [-0.4, -0.2) is 67.9 Å². The number of carbonyl (C=O) groups is 2. The fourth-order valence-electron chi connectivity index (χ4n) is 5.48. The first-order valence-electron chi connectivity index (χ1n) is 13.1. The number of nitrogens with one attached hydrogen (secondary N) is 3. The van der Waals surface area contributed by atoms with Crippen molar-refractivity contribution in [1.82, 2.24) is 30.5 Å². The molecule has 0 aromatic carbocycles. The molecule has 1 saturated heterocycles. The van der Waals surface area contributed by atoms with Gasteiger partial charge in [0.1, 0.15) is 17.9 Å². The van der Waals surface area contributed by atoms with Crippen LogP contribution in [0.15, 0.2) is 18.5 Å². The van der Waals surface area contributed by atoms with Crippen LogP contribution < -0.4 is 16.0 Å². The largest absolute Gasteiger partial charge is 0.356 e. The molecule has 3 N–H and O–H groups in total. The summed E-state index contributed by atoms with van der Waals surface area (Å²) in [5.74, 6) is 0.579. The Hall–Kier alpha value is -2.81. The molecule has 0 unspecified atom stereocenters. The van der Waals surface area contributed by atoms with Crippen LogP contribution >= 0.6 is 0 Å². The van der Waals surface area contributed by atoms with Crippen molar-refractivity contribution >= 4 is 28.7 Å². The maximum Gasteiger partial charge on any atom is 0.245 e. The zero-order chi connectivity index (χ0) is 26.3. The first kappa shape index (κ1) is 26.3. The van der Waals surface area contributed by atoms with E-state index in [0.717, 1.165) is 30.5 Å². The molecule has 4 rings (SSSR count). The third kappa shape index (κ3) is 5.94. The molecule has 36 heavy (non-hydrogen) atoms. The number of likely N-dealkylation sites (tertiary alicyclic amines) is 1. The van der Waals surface area contributed by atoms with Gasteiger partial charge in [0.05, 0.1) is 17.6 Å². The van der Waals surface area contributed by atoms with E-state index in [4.69, 9.17) is 4.98 Å². The number of anilines is 1. The molecule has 0 bridgehead atoms. The quantitative estimate of drug-likeness (QED) is 0.584. The van der Waals surface area contributed by atoms with Crippen LogP contribution in [0.3, 0.4) is 0 Å². The lowest BCUT2D eigenvalue weighted by Crippen LogP contribution is -2.59. The molecular weight excluding hydrogens is 454 g/mol. The summed E-state index contributed by atoms with van der Waals surface area (Å²) in [5.41, 5.74) is 2.27. The molecule has 0 radical (unpaired) electrons. The summed E-state index contributed by atoms with van der Waals surface area (Å²) in [5, 5.41) is 10.2. The van der Waals surface area contributed by atoms with Crippen molar-refractivity contribution in [3.05, 3.63) is 24.2 Å². The highest BCUT2D eigenvalue weighted by atomic mass is 16.2. The highest BCUT2D eigenvalue weighted by molar-refractivity contribution is 5.91. The summed E-state index contributed by atoms with van der Waals surface area (Å²) in [7, 11) is 0. The molecule has 1 aliphatic carbocycles. The van der Waals surface area contributed by atoms with E-state index < -0.39 is 0 Å². The van der Waals surface area contributed by atoms with Crippen LogP contribution in [0, 0.1) is 0 Å². The molecule has 2 fully saturated rings. The molecule has 1 saturated carbocycles. The number of fused-ring (bicyclic) bond motifs is 1. The van der Waals surface area contributed by atoms with Gasteiger partial charge in [0, 0.05) is 36.2 Å². The number of hydrogen-bond acceptors (Lipinski definition) is 7. The van der Waals surface area contributed by atoms with Gasteiger partial charge in [-0.1, -0.05) is 20.8 Å². The van der Waals surface area contributed by atoms with E-state index in [0.29, 0.717) is 30.3 Å². The maximum absolute atomic E-state index is 13.6. The van der Waals surface area contributed by atoms with Crippen molar-refractivity contribution in [3.63, 3.8) is 0 Å². The average molecular weight is 496 g/mol. The fourth-order valence-corrected chi connectivity index (χ4v) is 5.48. The molecule has 1 aliphatic heterocycles. The van der Waals surface area contributed by atoms with E-state index in [-0.39, 0.29) is 40.9 Å². The number of aromatic nitrogens is 3. The van der Waals surface area contributed by atoms with E-state index in [9.17, 15) is 9.59 Å². The smallest absolute Gasteiger partial charge is 0.245 e. The Morgan fingerprint density at radius 2 is 1.81 bits per heavy atom. The molecule has 2 aromatic rings. The molecule has 2 aromatic heterocycles. The Balaban J connectivity index is 1.51. The number of nitrogens with zero attached hydrogens (tertiary/aromatic N) is 4. The molecule has 2 aliphatic rings. The van der Waals surface area contributed by atoms with E-state index in [1.165, 1.54) is 6.33 Å². The minimum Gasteiger partial charge on any atom is -0.356 e. The van der Waals surface area contributed by atoms with Crippen LogP contribution in [0.5, 0.6) is 0 Å². The minimum atomic E-state index is -0.383. The van der Waals surface area contributed by atoms with E-state index in [1.807, 2.05) is 17.0 Å². The number of amides is 2. The molecule has 196 valence electrons. The van der Waals surface area contributed by atoms with Crippen LogP contribution in [0.25, 0.3) is 11.0 Å². The van der Waals surface area contributed by atoms with Gasteiger partial charge in [-0.05, 0) is 58.6 Å². The second kappa shape index (κ2) is 9.92. The maximum atomic E-state index is 13.6. The number of hydrogen-bond donors (Lipinski definition) is 3. The molecule has 9 heteroatoms.